The number of aryl methyl sites for hydroxylation is 1. The molecule has 2 atom stereocenters. The highest BCUT2D eigenvalue weighted by Crippen LogP contribution is 2.28. The van der Waals surface area contributed by atoms with Crippen LogP contribution in [-0.4, -0.2) is 59.9 Å². The average Bonchev–Trinajstić information content (AvgIpc) is 3.31. The summed E-state index contributed by atoms with van der Waals surface area (Å²) in [7, 11) is 4.21. The fraction of sp³-hybridized carbons (Fsp3) is 0.833. The second kappa shape index (κ2) is 17.6. The molecule has 0 radical (unpaired) electrons. The van der Waals surface area contributed by atoms with Gasteiger partial charge < -0.3 is 14.0 Å². The van der Waals surface area contributed by atoms with Gasteiger partial charge in [0.15, 0.2) is 0 Å². The van der Waals surface area contributed by atoms with Crippen LogP contribution in [0, 0.1) is 6.92 Å². The molecule has 0 amide bonds. The predicted molar refractivity (Wildman–Crippen MR) is 152 cm³/mol. The van der Waals surface area contributed by atoms with Gasteiger partial charge in [0.25, 0.3) is 5.56 Å². The van der Waals surface area contributed by atoms with Crippen molar-refractivity contribution in [2.45, 2.75) is 129 Å². The Morgan fingerprint density at radius 1 is 0.974 bits per heavy atom. The first-order valence-corrected chi connectivity index (χ1v) is 15.2. The van der Waals surface area contributed by atoms with Gasteiger partial charge in [0.05, 0.1) is 14.1 Å². The van der Waals surface area contributed by atoms with E-state index in [9.17, 15) is 14.4 Å². The van der Waals surface area contributed by atoms with Gasteiger partial charge in [-0.05, 0) is 26.2 Å². The molecule has 0 spiro atoms. The number of aromatic nitrogens is 2. The molecule has 1 unspecified atom stereocenters. The van der Waals surface area contributed by atoms with Crippen molar-refractivity contribution in [1.29, 1.82) is 0 Å². The molecule has 8 heteroatoms. The largest absolute Gasteiger partial charge is 0.460 e. The van der Waals surface area contributed by atoms with Crippen LogP contribution in [-0.2, 0) is 14.3 Å². The van der Waals surface area contributed by atoms with Crippen LogP contribution in [0.25, 0.3) is 0 Å². The van der Waals surface area contributed by atoms with Crippen LogP contribution in [0.4, 0.5) is 0 Å². The maximum atomic E-state index is 12.2. The number of unbranched alkanes of at least 4 members (excludes halogenated alkanes) is 12. The van der Waals surface area contributed by atoms with Gasteiger partial charge in [0.1, 0.15) is 32.0 Å². The van der Waals surface area contributed by atoms with Gasteiger partial charge in [-0.2, -0.15) is 0 Å². The van der Waals surface area contributed by atoms with E-state index in [1.807, 2.05) is 0 Å². The number of nitrogens with one attached hydrogen (secondary N) is 1. The molecule has 1 aromatic heterocycles. The number of carbonyl (C=O) groups is 1. The zero-order valence-corrected chi connectivity index (χ0v) is 24.6. The maximum Gasteiger partial charge on any atom is 0.330 e. The van der Waals surface area contributed by atoms with E-state index in [0.717, 1.165) is 32.2 Å². The molecular formula is C30H54N3O5+. The minimum atomic E-state index is -0.435. The molecule has 0 bridgehead atoms. The minimum absolute atomic E-state index is 0.00984. The number of esters is 1. The lowest BCUT2D eigenvalue weighted by atomic mass is 10.0. The molecule has 1 aliphatic rings. The summed E-state index contributed by atoms with van der Waals surface area (Å²) in [6.07, 6.45) is 20.1. The third-order valence-electron chi connectivity index (χ3n) is 7.68. The molecule has 0 aliphatic carbocycles. The summed E-state index contributed by atoms with van der Waals surface area (Å²) in [5.74, 6) is -0.0990. The predicted octanol–water partition coefficient (Wildman–Crippen LogP) is 5.62. The summed E-state index contributed by atoms with van der Waals surface area (Å²) in [6, 6.07) is 0. The fourth-order valence-corrected chi connectivity index (χ4v) is 5.23. The standard InChI is InChI=1S/C30H53N3O5/c1-5-6-7-8-9-10-11-12-13-14-15-16-17-18-28(34)37-22-21-33(3,4)24-26-19-20-27(38-26)32-23-25(2)29(35)31-30(32)36/h23,26-27H,5-22,24H2,1-4H3/p+1/t26-,27?/m0/s1. The Labute approximate surface area is 229 Å². The Morgan fingerprint density at radius 3 is 2.16 bits per heavy atom. The van der Waals surface area contributed by atoms with Crippen LogP contribution < -0.4 is 11.2 Å². The zero-order valence-electron chi connectivity index (χ0n) is 24.6. The Morgan fingerprint density at radius 2 is 1.55 bits per heavy atom. The molecule has 1 saturated heterocycles. The number of rotatable bonds is 20. The molecule has 1 aromatic rings. The van der Waals surface area contributed by atoms with E-state index in [1.54, 1.807) is 13.1 Å². The molecule has 2 heterocycles. The van der Waals surface area contributed by atoms with Crippen LogP contribution in [0.2, 0.25) is 0 Å². The summed E-state index contributed by atoms with van der Waals surface area (Å²) in [5.41, 5.74) is -0.300. The van der Waals surface area contributed by atoms with Crippen molar-refractivity contribution in [3.8, 4) is 0 Å². The second-order valence-corrected chi connectivity index (χ2v) is 11.8. The summed E-state index contributed by atoms with van der Waals surface area (Å²) >= 11 is 0. The van der Waals surface area contributed by atoms with E-state index >= 15 is 0 Å². The topological polar surface area (TPSA) is 90.4 Å². The van der Waals surface area contributed by atoms with Crippen molar-refractivity contribution < 1.29 is 18.8 Å². The van der Waals surface area contributed by atoms with Gasteiger partial charge in [-0.25, -0.2) is 4.79 Å². The van der Waals surface area contributed by atoms with Crippen LogP contribution >= 0.6 is 0 Å². The van der Waals surface area contributed by atoms with Crippen molar-refractivity contribution in [1.82, 2.24) is 9.55 Å². The lowest BCUT2D eigenvalue weighted by molar-refractivity contribution is -0.893. The van der Waals surface area contributed by atoms with Crippen LogP contribution in [0.15, 0.2) is 15.8 Å². The van der Waals surface area contributed by atoms with Gasteiger partial charge in [-0.1, -0.05) is 84.0 Å². The molecule has 0 saturated carbocycles. The van der Waals surface area contributed by atoms with E-state index in [4.69, 9.17) is 9.47 Å². The normalized spacial score (nSPS) is 17.7. The third kappa shape index (κ3) is 12.7. The molecular weight excluding hydrogens is 482 g/mol. The Balaban J connectivity index is 1.50. The molecule has 0 aromatic carbocycles. The molecule has 218 valence electrons. The lowest BCUT2D eigenvalue weighted by Crippen LogP contribution is -2.47. The van der Waals surface area contributed by atoms with Crippen LogP contribution in [0.5, 0.6) is 0 Å². The number of aromatic amines is 1. The molecule has 2 rings (SSSR count). The van der Waals surface area contributed by atoms with Gasteiger partial charge in [0, 0.05) is 18.2 Å². The summed E-state index contributed by atoms with van der Waals surface area (Å²) in [5, 5.41) is 0. The van der Waals surface area contributed by atoms with Crippen molar-refractivity contribution >= 4 is 5.97 Å². The van der Waals surface area contributed by atoms with Crippen molar-refractivity contribution in [2.24, 2.45) is 0 Å². The quantitative estimate of drug-likeness (QED) is 0.133. The number of quaternary nitrogens is 1. The number of H-pyrrole nitrogens is 1. The number of carbonyl (C=O) groups excluding carboxylic acids is 1. The number of ether oxygens (including phenoxy) is 2. The summed E-state index contributed by atoms with van der Waals surface area (Å²) < 4.78 is 13.8. The lowest BCUT2D eigenvalue weighted by Gasteiger charge is -2.32. The van der Waals surface area contributed by atoms with E-state index in [2.05, 4.69) is 26.0 Å². The van der Waals surface area contributed by atoms with Crippen LogP contribution in [0.1, 0.15) is 121 Å². The Kier molecular flexibility index (Phi) is 15.0. The molecule has 1 N–H and O–H groups in total. The maximum absolute atomic E-state index is 12.2. The highest BCUT2D eigenvalue weighted by atomic mass is 16.5. The van der Waals surface area contributed by atoms with Crippen molar-refractivity contribution in [2.75, 3.05) is 33.8 Å². The number of likely N-dealkylation sites (N-methyl/N-ethyl adjacent to an activating group) is 1. The van der Waals surface area contributed by atoms with Gasteiger partial charge in [-0.15, -0.1) is 0 Å². The van der Waals surface area contributed by atoms with E-state index < -0.39 is 5.69 Å². The molecule has 38 heavy (non-hydrogen) atoms. The summed E-state index contributed by atoms with van der Waals surface area (Å²) in [6.45, 7) is 5.83. The first-order valence-electron chi connectivity index (χ1n) is 15.2. The highest BCUT2D eigenvalue weighted by molar-refractivity contribution is 5.69. The molecule has 1 fully saturated rings. The van der Waals surface area contributed by atoms with Gasteiger partial charge >= 0.3 is 11.7 Å². The average molecular weight is 537 g/mol. The number of hydrogen-bond donors (Lipinski definition) is 1. The van der Waals surface area contributed by atoms with E-state index in [0.29, 0.717) is 29.6 Å². The first kappa shape index (κ1) is 32.3. The fourth-order valence-electron chi connectivity index (χ4n) is 5.23. The highest BCUT2D eigenvalue weighted by Gasteiger charge is 2.32. The van der Waals surface area contributed by atoms with Crippen molar-refractivity contribution in [3.63, 3.8) is 0 Å². The molecule has 1 aliphatic heterocycles. The Hall–Kier alpha value is -1.93. The van der Waals surface area contributed by atoms with E-state index in [1.165, 1.54) is 75.2 Å². The first-order chi connectivity index (χ1) is 18.2. The third-order valence-corrected chi connectivity index (χ3v) is 7.68. The van der Waals surface area contributed by atoms with Crippen LogP contribution in [0.3, 0.4) is 0 Å². The SMILES string of the molecule is CCCCCCCCCCCCCCCC(=O)OCC[N+](C)(C)C[C@@H]1CCC(n2cc(C)c(=O)[nH]c2=O)O1. The zero-order chi connectivity index (χ0) is 27.8. The second-order valence-electron chi connectivity index (χ2n) is 11.8. The smallest absolute Gasteiger partial charge is 0.330 e. The van der Waals surface area contributed by atoms with Crippen molar-refractivity contribution in [3.05, 3.63) is 32.6 Å². The van der Waals surface area contributed by atoms with Gasteiger partial charge in [-0.3, -0.25) is 19.1 Å². The van der Waals surface area contributed by atoms with Gasteiger partial charge in [0.2, 0.25) is 0 Å². The molecule has 8 nitrogen and oxygen atoms in total. The minimum Gasteiger partial charge on any atom is -0.460 e. The van der Waals surface area contributed by atoms with E-state index in [-0.39, 0.29) is 23.9 Å². The Bertz CT molecular complexity index is 923. The number of hydrogen-bond acceptors (Lipinski definition) is 5. The summed E-state index contributed by atoms with van der Waals surface area (Å²) in [4.78, 5) is 38.3. The number of nitrogens with zero attached hydrogens (tertiary/aromatic N) is 2. The monoisotopic (exact) mass is 536 g/mol.